The minimum atomic E-state index is -0.257. The molecule has 0 bridgehead atoms. The van der Waals surface area contributed by atoms with Crippen LogP contribution >= 0.6 is 0 Å². The van der Waals surface area contributed by atoms with Gasteiger partial charge in [-0.1, -0.05) is 32.9 Å². The fourth-order valence-electron chi connectivity index (χ4n) is 2.10. The van der Waals surface area contributed by atoms with E-state index in [1.165, 1.54) is 13.2 Å². The van der Waals surface area contributed by atoms with Gasteiger partial charge in [0.05, 0.1) is 7.11 Å². The summed E-state index contributed by atoms with van der Waals surface area (Å²) in [7, 11) is 1.40. The van der Waals surface area contributed by atoms with Gasteiger partial charge in [-0.05, 0) is 18.8 Å². The topological polar surface area (TPSA) is 59.2 Å². The lowest BCUT2D eigenvalue weighted by Gasteiger charge is -2.15. The second-order valence-electron chi connectivity index (χ2n) is 4.98. The van der Waals surface area contributed by atoms with Crippen molar-refractivity contribution in [3.63, 3.8) is 0 Å². The highest BCUT2D eigenvalue weighted by Gasteiger charge is 2.18. The van der Waals surface area contributed by atoms with Gasteiger partial charge in [0.15, 0.2) is 11.5 Å². The van der Waals surface area contributed by atoms with E-state index < -0.39 is 0 Å². The quantitative estimate of drug-likeness (QED) is 0.613. The van der Waals surface area contributed by atoms with E-state index in [-0.39, 0.29) is 28.6 Å². The summed E-state index contributed by atoms with van der Waals surface area (Å²) in [6.45, 7) is 9.81. The van der Waals surface area contributed by atoms with Gasteiger partial charge >= 0.3 is 0 Å². The van der Waals surface area contributed by atoms with Gasteiger partial charge < -0.3 is 9.72 Å². The lowest BCUT2D eigenvalue weighted by atomic mass is 9.96. The third kappa shape index (κ3) is 3.59. The molecule has 0 saturated carbocycles. The smallest absolute Gasteiger partial charge is 0.224 e. The molecule has 20 heavy (non-hydrogen) atoms. The maximum atomic E-state index is 12.1. The molecule has 1 N–H and O–H groups in total. The average molecular weight is 277 g/mol. The standard InChI is InChI=1S/C16H23NO3/c1-6-10(3)8-11(4)12-9-14(19)16(20-5)15(17-12)13(18)7-2/h9,11H,3,6-8H2,1-2,4-5H3,(H,17,19). The molecule has 0 saturated heterocycles. The van der Waals surface area contributed by atoms with Gasteiger partial charge in [0.1, 0.15) is 5.69 Å². The lowest BCUT2D eigenvalue weighted by molar-refractivity contribution is 0.0979. The number of pyridine rings is 1. The van der Waals surface area contributed by atoms with Gasteiger partial charge in [0.2, 0.25) is 5.43 Å². The summed E-state index contributed by atoms with van der Waals surface area (Å²) < 4.78 is 5.05. The fraction of sp³-hybridized carbons (Fsp3) is 0.500. The van der Waals surface area contributed by atoms with Crippen molar-refractivity contribution in [2.24, 2.45) is 0 Å². The van der Waals surface area contributed by atoms with E-state index in [4.69, 9.17) is 4.74 Å². The zero-order valence-electron chi connectivity index (χ0n) is 12.7. The molecule has 0 aliphatic carbocycles. The molecule has 1 rings (SSSR count). The first-order valence-corrected chi connectivity index (χ1v) is 6.95. The molecule has 1 atom stereocenters. The highest BCUT2D eigenvalue weighted by molar-refractivity contribution is 5.96. The summed E-state index contributed by atoms with van der Waals surface area (Å²) in [5, 5.41) is 0. The van der Waals surface area contributed by atoms with Gasteiger partial charge in [-0.3, -0.25) is 9.59 Å². The third-order valence-electron chi connectivity index (χ3n) is 3.44. The number of methoxy groups -OCH3 is 1. The number of aromatic amines is 1. The Morgan fingerprint density at radius 2 is 2.05 bits per heavy atom. The molecule has 110 valence electrons. The number of hydrogen-bond acceptors (Lipinski definition) is 3. The summed E-state index contributed by atoms with van der Waals surface area (Å²) in [6, 6.07) is 1.51. The molecule has 1 aromatic heterocycles. The van der Waals surface area contributed by atoms with E-state index in [9.17, 15) is 9.59 Å². The fourth-order valence-corrected chi connectivity index (χ4v) is 2.10. The molecule has 0 fully saturated rings. The molecule has 0 amide bonds. The van der Waals surface area contributed by atoms with E-state index in [2.05, 4.69) is 18.5 Å². The molecule has 4 heteroatoms. The molecule has 0 aromatic carbocycles. The zero-order valence-corrected chi connectivity index (χ0v) is 12.7. The van der Waals surface area contributed by atoms with Crippen LogP contribution in [0.25, 0.3) is 0 Å². The van der Waals surface area contributed by atoms with Crippen LogP contribution in [-0.4, -0.2) is 17.9 Å². The second kappa shape index (κ2) is 7.08. The Bertz CT molecular complexity index is 557. The molecule has 0 radical (unpaired) electrons. The van der Waals surface area contributed by atoms with Gasteiger partial charge in [0, 0.05) is 18.2 Å². The van der Waals surface area contributed by atoms with Crippen molar-refractivity contribution in [1.82, 2.24) is 4.98 Å². The first-order valence-electron chi connectivity index (χ1n) is 6.95. The molecular formula is C16H23NO3. The van der Waals surface area contributed by atoms with Crippen LogP contribution in [0, 0.1) is 0 Å². The summed E-state index contributed by atoms with van der Waals surface area (Å²) in [6.07, 6.45) is 2.02. The molecule has 1 unspecified atom stereocenters. The van der Waals surface area contributed by atoms with E-state index in [1.807, 2.05) is 6.92 Å². The molecule has 0 aliphatic heterocycles. The Labute approximate surface area is 119 Å². The maximum Gasteiger partial charge on any atom is 0.224 e. The number of H-pyrrole nitrogens is 1. The molecule has 1 heterocycles. The number of carbonyl (C=O) groups excluding carboxylic acids is 1. The predicted molar refractivity (Wildman–Crippen MR) is 80.7 cm³/mol. The predicted octanol–water partition coefficient (Wildman–Crippen LogP) is 3.44. The number of carbonyl (C=O) groups is 1. The SMILES string of the molecule is C=C(CC)CC(C)c1cc(=O)c(OC)c(C(=O)CC)[nH]1. The van der Waals surface area contributed by atoms with E-state index in [0.717, 1.165) is 24.1 Å². The van der Waals surface area contributed by atoms with E-state index in [0.29, 0.717) is 6.42 Å². The van der Waals surface area contributed by atoms with Crippen molar-refractivity contribution in [1.29, 1.82) is 0 Å². The summed E-state index contributed by atoms with van der Waals surface area (Å²) in [5.74, 6) is 0.0916. The summed E-state index contributed by atoms with van der Waals surface area (Å²) in [5.41, 5.74) is 1.89. The van der Waals surface area contributed by atoms with Crippen molar-refractivity contribution in [2.45, 2.75) is 46.0 Å². The van der Waals surface area contributed by atoms with E-state index >= 15 is 0 Å². The lowest BCUT2D eigenvalue weighted by Crippen LogP contribution is -2.16. The molecule has 0 aliphatic rings. The monoisotopic (exact) mass is 277 g/mol. The van der Waals surface area contributed by atoms with Crippen LogP contribution in [0.4, 0.5) is 0 Å². The van der Waals surface area contributed by atoms with Crippen LogP contribution in [0.1, 0.15) is 62.1 Å². The van der Waals surface area contributed by atoms with Gasteiger partial charge in [-0.15, -0.1) is 0 Å². The van der Waals surface area contributed by atoms with Crippen molar-refractivity contribution in [2.75, 3.05) is 7.11 Å². The normalized spacial score (nSPS) is 12.0. The number of allylic oxidation sites excluding steroid dienone is 1. The van der Waals surface area contributed by atoms with Crippen LogP contribution in [0.3, 0.4) is 0 Å². The number of aromatic nitrogens is 1. The van der Waals surface area contributed by atoms with Crippen LogP contribution in [-0.2, 0) is 0 Å². The number of hydrogen-bond donors (Lipinski definition) is 1. The van der Waals surface area contributed by atoms with Crippen molar-refractivity contribution in [3.05, 3.63) is 39.8 Å². The highest BCUT2D eigenvalue weighted by atomic mass is 16.5. The minimum Gasteiger partial charge on any atom is -0.491 e. The van der Waals surface area contributed by atoms with Crippen LogP contribution < -0.4 is 10.2 Å². The zero-order chi connectivity index (χ0) is 15.3. The van der Waals surface area contributed by atoms with Crippen molar-refractivity contribution >= 4 is 5.78 Å². The van der Waals surface area contributed by atoms with Crippen molar-refractivity contribution < 1.29 is 9.53 Å². The van der Waals surface area contributed by atoms with Crippen LogP contribution in [0.5, 0.6) is 5.75 Å². The van der Waals surface area contributed by atoms with E-state index in [1.54, 1.807) is 6.92 Å². The maximum absolute atomic E-state index is 12.1. The number of Topliss-reactive ketones (excluding diaryl/α,β-unsaturated/α-hetero) is 1. The largest absolute Gasteiger partial charge is 0.491 e. The highest BCUT2D eigenvalue weighted by Crippen LogP contribution is 2.24. The third-order valence-corrected chi connectivity index (χ3v) is 3.44. The Kier molecular flexibility index (Phi) is 5.74. The second-order valence-corrected chi connectivity index (χ2v) is 4.98. The van der Waals surface area contributed by atoms with Gasteiger partial charge in [-0.2, -0.15) is 0 Å². The van der Waals surface area contributed by atoms with Gasteiger partial charge in [0.25, 0.3) is 0 Å². The Hall–Kier alpha value is -1.84. The summed E-state index contributed by atoms with van der Waals surface area (Å²) in [4.78, 5) is 27.1. The molecule has 4 nitrogen and oxygen atoms in total. The number of ketones is 1. The van der Waals surface area contributed by atoms with Gasteiger partial charge in [-0.25, -0.2) is 0 Å². The summed E-state index contributed by atoms with van der Waals surface area (Å²) >= 11 is 0. The first-order chi connectivity index (χ1) is 9.44. The number of rotatable bonds is 7. The Balaban J connectivity index is 3.23. The Morgan fingerprint density at radius 1 is 1.40 bits per heavy atom. The minimum absolute atomic E-state index is 0.0992. The number of nitrogens with one attached hydrogen (secondary N) is 1. The average Bonchev–Trinajstić information content (AvgIpc) is 2.45. The van der Waals surface area contributed by atoms with Crippen LogP contribution in [0.15, 0.2) is 23.0 Å². The molecule has 1 aromatic rings. The van der Waals surface area contributed by atoms with Crippen LogP contribution in [0.2, 0.25) is 0 Å². The first kappa shape index (κ1) is 16.2. The van der Waals surface area contributed by atoms with Crippen molar-refractivity contribution in [3.8, 4) is 5.75 Å². The number of ether oxygens (including phenoxy) is 1. The molecule has 0 spiro atoms. The molecular weight excluding hydrogens is 254 g/mol. The Morgan fingerprint density at radius 3 is 2.55 bits per heavy atom.